The molecular weight excluding hydrogens is 354 g/mol. The van der Waals surface area contributed by atoms with Gasteiger partial charge in [-0.25, -0.2) is 4.79 Å². The van der Waals surface area contributed by atoms with Gasteiger partial charge in [0, 0.05) is 11.8 Å². The first kappa shape index (κ1) is 17.5. The lowest BCUT2D eigenvalue weighted by Gasteiger charge is -2.22. The molecule has 25 heavy (non-hydrogen) atoms. The molecule has 0 heterocycles. The Hall–Kier alpha value is -2.32. The molecule has 0 bridgehead atoms. The van der Waals surface area contributed by atoms with E-state index < -0.39 is 27.9 Å². The van der Waals surface area contributed by atoms with Gasteiger partial charge in [0.1, 0.15) is 6.61 Å². The Morgan fingerprint density at radius 3 is 2.44 bits per heavy atom. The molecule has 0 saturated heterocycles. The fraction of sp³-hybridized carbons (Fsp3) is 0.235. The van der Waals surface area contributed by atoms with E-state index in [2.05, 4.69) is 4.74 Å². The zero-order valence-corrected chi connectivity index (χ0v) is 13.6. The van der Waals surface area contributed by atoms with Crippen LogP contribution in [0.4, 0.5) is 8.78 Å². The fourth-order valence-corrected chi connectivity index (χ4v) is 3.08. The van der Waals surface area contributed by atoms with Gasteiger partial charge in [-0.1, -0.05) is 54.7 Å². The van der Waals surface area contributed by atoms with Crippen molar-refractivity contribution in [1.82, 2.24) is 0 Å². The standard InChI is InChI=1S/C17H14F2O5S/c18-17(19,25(21,22)23)16(20)24-10-14-7-3-6-13-8-11-4-1-2-5-12(11)9-15(13)14/h1-9,11-12H,10H2,(H,21,22,23). The van der Waals surface area contributed by atoms with Crippen LogP contribution in [0.5, 0.6) is 0 Å². The van der Waals surface area contributed by atoms with Gasteiger partial charge >= 0.3 is 21.3 Å². The van der Waals surface area contributed by atoms with Crippen molar-refractivity contribution in [2.45, 2.75) is 11.9 Å². The number of halogens is 2. The minimum absolute atomic E-state index is 0.105. The number of hydrogen-bond acceptors (Lipinski definition) is 4. The molecule has 2 aliphatic carbocycles. The van der Waals surface area contributed by atoms with Crippen molar-refractivity contribution in [2.75, 3.05) is 0 Å². The number of ether oxygens (including phenoxy) is 1. The summed E-state index contributed by atoms with van der Waals surface area (Å²) in [6, 6.07) is 5.15. The highest BCUT2D eigenvalue weighted by Crippen LogP contribution is 2.24. The quantitative estimate of drug-likeness (QED) is 0.637. The SMILES string of the molecule is O=C(OCc1cccc2c1=CC1C=CC=CC1C=2)C(F)(F)S(=O)(=O)O. The molecule has 1 aromatic rings. The summed E-state index contributed by atoms with van der Waals surface area (Å²) in [6.45, 7) is -0.533. The molecule has 0 fully saturated rings. The smallest absolute Gasteiger partial charge is 0.455 e. The number of carbonyl (C=O) groups is 1. The molecule has 0 spiro atoms. The Morgan fingerprint density at radius 1 is 1.16 bits per heavy atom. The summed E-state index contributed by atoms with van der Waals surface area (Å²) < 4.78 is 60.5. The number of fused-ring (bicyclic) bond motifs is 2. The second kappa shape index (κ2) is 6.20. The van der Waals surface area contributed by atoms with Crippen LogP contribution in [0.3, 0.4) is 0 Å². The van der Waals surface area contributed by atoms with Crippen molar-refractivity contribution >= 4 is 28.2 Å². The molecule has 1 N–H and O–H groups in total. The van der Waals surface area contributed by atoms with Crippen LogP contribution in [0.1, 0.15) is 5.56 Å². The van der Waals surface area contributed by atoms with Gasteiger partial charge in [0.2, 0.25) is 0 Å². The van der Waals surface area contributed by atoms with Gasteiger partial charge < -0.3 is 4.74 Å². The van der Waals surface area contributed by atoms with Gasteiger partial charge in [-0.05, 0) is 16.0 Å². The molecule has 0 amide bonds. The Bertz CT molecular complexity index is 992. The predicted molar refractivity (Wildman–Crippen MR) is 86.2 cm³/mol. The molecule has 1 aromatic carbocycles. The first-order valence-corrected chi connectivity index (χ1v) is 8.83. The van der Waals surface area contributed by atoms with Gasteiger partial charge in [-0.15, -0.1) is 0 Å². The van der Waals surface area contributed by atoms with E-state index in [4.69, 9.17) is 4.55 Å². The van der Waals surface area contributed by atoms with E-state index in [1.807, 2.05) is 42.5 Å². The van der Waals surface area contributed by atoms with Crippen molar-refractivity contribution in [2.24, 2.45) is 11.8 Å². The van der Waals surface area contributed by atoms with E-state index in [-0.39, 0.29) is 11.8 Å². The summed E-state index contributed by atoms with van der Waals surface area (Å²) in [5, 5.41) is -3.39. The van der Waals surface area contributed by atoms with E-state index in [0.717, 1.165) is 10.4 Å². The maximum atomic E-state index is 13.2. The van der Waals surface area contributed by atoms with Crippen LogP contribution >= 0.6 is 0 Å². The van der Waals surface area contributed by atoms with Crippen molar-refractivity contribution in [1.29, 1.82) is 0 Å². The van der Waals surface area contributed by atoms with Crippen LogP contribution in [0, 0.1) is 11.8 Å². The molecule has 2 aliphatic rings. The van der Waals surface area contributed by atoms with Gasteiger partial charge in [0.15, 0.2) is 0 Å². The van der Waals surface area contributed by atoms with Crippen LogP contribution in [-0.2, 0) is 26.3 Å². The Morgan fingerprint density at radius 2 is 1.80 bits per heavy atom. The molecule has 0 aromatic heterocycles. The van der Waals surface area contributed by atoms with Crippen molar-refractivity contribution in [3.8, 4) is 0 Å². The minimum Gasteiger partial charge on any atom is -0.455 e. The first-order chi connectivity index (χ1) is 11.7. The minimum atomic E-state index is -5.88. The van der Waals surface area contributed by atoms with Crippen molar-refractivity contribution < 1.29 is 31.3 Å². The highest BCUT2D eigenvalue weighted by Gasteiger charge is 2.54. The Kier molecular flexibility index (Phi) is 4.34. The second-order valence-electron chi connectivity index (χ2n) is 5.75. The lowest BCUT2D eigenvalue weighted by atomic mass is 9.83. The molecule has 8 heteroatoms. The zero-order valence-electron chi connectivity index (χ0n) is 12.8. The number of allylic oxidation sites excluding steroid dienone is 4. The maximum absolute atomic E-state index is 13.2. The number of carbonyl (C=O) groups excluding carboxylic acids is 1. The van der Waals surface area contributed by atoms with E-state index in [1.165, 1.54) is 0 Å². The summed E-state index contributed by atoms with van der Waals surface area (Å²) >= 11 is 0. The summed E-state index contributed by atoms with van der Waals surface area (Å²) in [6.07, 6.45) is 11.9. The number of alkyl halides is 2. The molecule has 132 valence electrons. The largest absolute Gasteiger partial charge is 0.465 e. The summed E-state index contributed by atoms with van der Waals surface area (Å²) in [7, 11) is -5.88. The maximum Gasteiger partial charge on any atom is 0.465 e. The zero-order chi connectivity index (χ0) is 18.2. The number of benzene rings is 1. The van der Waals surface area contributed by atoms with E-state index in [1.54, 1.807) is 12.1 Å². The molecular formula is C17H14F2O5S. The van der Waals surface area contributed by atoms with Crippen LogP contribution in [0.15, 0.2) is 42.5 Å². The van der Waals surface area contributed by atoms with Gasteiger partial charge in [0.25, 0.3) is 0 Å². The van der Waals surface area contributed by atoms with Crippen LogP contribution in [0.25, 0.3) is 12.2 Å². The van der Waals surface area contributed by atoms with E-state index >= 15 is 0 Å². The average Bonchev–Trinajstić information content (AvgIpc) is 2.56. The predicted octanol–water partition coefficient (Wildman–Crippen LogP) is 1.14. The fourth-order valence-electron chi connectivity index (χ4n) is 2.81. The lowest BCUT2D eigenvalue weighted by Crippen LogP contribution is -2.40. The molecule has 0 saturated carbocycles. The van der Waals surface area contributed by atoms with Gasteiger partial charge in [0.05, 0.1) is 0 Å². The average molecular weight is 368 g/mol. The molecule has 5 nitrogen and oxygen atoms in total. The van der Waals surface area contributed by atoms with Crippen LogP contribution < -0.4 is 10.4 Å². The monoisotopic (exact) mass is 368 g/mol. The lowest BCUT2D eigenvalue weighted by molar-refractivity contribution is -0.162. The highest BCUT2D eigenvalue weighted by molar-refractivity contribution is 7.87. The topological polar surface area (TPSA) is 80.7 Å². The number of esters is 1. The Labute approximate surface area is 142 Å². The number of hydrogen-bond donors (Lipinski definition) is 1. The number of rotatable bonds is 4. The first-order valence-electron chi connectivity index (χ1n) is 7.39. The van der Waals surface area contributed by atoms with Gasteiger partial charge in [-0.2, -0.15) is 17.2 Å². The molecule has 3 rings (SSSR count). The third-order valence-electron chi connectivity index (χ3n) is 4.10. The molecule has 0 radical (unpaired) electrons. The van der Waals surface area contributed by atoms with Gasteiger partial charge in [-0.3, -0.25) is 4.55 Å². The molecule has 2 unspecified atom stereocenters. The van der Waals surface area contributed by atoms with Crippen LogP contribution in [0.2, 0.25) is 0 Å². The summed E-state index contributed by atoms with van der Waals surface area (Å²) in [5.74, 6) is -2.02. The third-order valence-corrected chi connectivity index (χ3v) is 4.92. The van der Waals surface area contributed by atoms with Crippen molar-refractivity contribution in [3.05, 3.63) is 58.5 Å². The summed E-state index contributed by atoms with van der Waals surface area (Å²) in [4.78, 5) is 11.3. The van der Waals surface area contributed by atoms with Crippen molar-refractivity contribution in [3.63, 3.8) is 0 Å². The highest BCUT2D eigenvalue weighted by atomic mass is 32.2. The Balaban J connectivity index is 1.88. The van der Waals surface area contributed by atoms with E-state index in [0.29, 0.717) is 5.56 Å². The normalized spacial score (nSPS) is 21.6. The molecule has 0 aliphatic heterocycles. The molecule has 2 atom stereocenters. The van der Waals surface area contributed by atoms with E-state index in [9.17, 15) is 22.0 Å². The third kappa shape index (κ3) is 3.27. The second-order valence-corrected chi connectivity index (χ2v) is 7.21. The summed E-state index contributed by atoms with van der Waals surface area (Å²) in [5.41, 5.74) is 0.467. The van der Waals surface area contributed by atoms with Crippen LogP contribution in [-0.4, -0.2) is 24.2 Å².